The fraction of sp³-hybridized carbons (Fsp3) is 0.111. The van der Waals surface area contributed by atoms with Gasteiger partial charge in [-0.2, -0.15) is 0 Å². The predicted molar refractivity (Wildman–Crippen MR) is 141 cm³/mol. The molecule has 10 heteroatoms. The average Bonchev–Trinajstić information content (AvgIpc) is 3.40. The Labute approximate surface area is 224 Å². The average molecular weight is 585 g/mol. The van der Waals surface area contributed by atoms with E-state index in [1.807, 2.05) is 0 Å². The molecule has 0 radical (unpaired) electrons. The molecule has 3 aromatic carbocycles. The monoisotopic (exact) mass is 583 g/mol. The SMILES string of the molecule is CCOc1cc(C2C(C(=O)c3cc4cc(Br)ccc4o3)=C(O)C(=O)N2c2cc(Cl)ccc2O)ccc1O. The van der Waals surface area contributed by atoms with Crippen molar-refractivity contribution in [3.05, 3.63) is 92.8 Å². The number of aromatic hydroxyl groups is 2. The number of hydrogen-bond acceptors (Lipinski definition) is 7. The molecule has 1 atom stereocenters. The summed E-state index contributed by atoms with van der Waals surface area (Å²) in [6.45, 7) is 1.99. The first kappa shape index (κ1) is 24.7. The van der Waals surface area contributed by atoms with Crippen LogP contribution in [0, 0.1) is 0 Å². The second kappa shape index (κ2) is 9.49. The zero-order valence-corrected chi connectivity index (χ0v) is 21.6. The van der Waals surface area contributed by atoms with Crippen LogP contribution < -0.4 is 9.64 Å². The van der Waals surface area contributed by atoms with Crippen molar-refractivity contribution >= 4 is 55.9 Å². The van der Waals surface area contributed by atoms with Crippen LogP contribution in [0.1, 0.15) is 29.1 Å². The van der Waals surface area contributed by atoms with Gasteiger partial charge in [0.2, 0.25) is 5.78 Å². The zero-order valence-electron chi connectivity index (χ0n) is 19.2. The third-order valence-electron chi connectivity index (χ3n) is 5.95. The molecule has 5 rings (SSSR count). The number of phenolic OH excluding ortho intramolecular Hbond substituents is 2. The summed E-state index contributed by atoms with van der Waals surface area (Å²) in [5.41, 5.74) is 0.493. The number of aliphatic hydroxyl groups is 1. The fourth-order valence-electron chi connectivity index (χ4n) is 4.32. The number of ketones is 1. The second-order valence-electron chi connectivity index (χ2n) is 8.26. The van der Waals surface area contributed by atoms with Gasteiger partial charge < -0.3 is 24.5 Å². The van der Waals surface area contributed by atoms with Crippen LogP contribution in [-0.2, 0) is 4.79 Å². The lowest BCUT2D eigenvalue weighted by molar-refractivity contribution is -0.117. The zero-order chi connectivity index (χ0) is 26.4. The molecule has 0 spiro atoms. The number of halogens is 2. The van der Waals surface area contributed by atoms with Gasteiger partial charge in [-0.3, -0.25) is 14.5 Å². The molecular formula is C27H19BrClNO7. The van der Waals surface area contributed by atoms with Crippen molar-refractivity contribution in [3.8, 4) is 17.2 Å². The first-order valence-corrected chi connectivity index (χ1v) is 12.3. The van der Waals surface area contributed by atoms with E-state index in [9.17, 15) is 24.9 Å². The Hall–Kier alpha value is -3.95. The molecule has 1 aliphatic heterocycles. The van der Waals surface area contributed by atoms with Gasteiger partial charge in [0.25, 0.3) is 5.91 Å². The predicted octanol–water partition coefficient (Wildman–Crippen LogP) is 6.44. The van der Waals surface area contributed by atoms with Crippen molar-refractivity contribution in [2.45, 2.75) is 13.0 Å². The van der Waals surface area contributed by atoms with E-state index in [4.69, 9.17) is 20.8 Å². The van der Waals surface area contributed by atoms with Crippen molar-refractivity contribution in [1.29, 1.82) is 0 Å². The van der Waals surface area contributed by atoms with Crippen LogP contribution in [0.25, 0.3) is 11.0 Å². The minimum atomic E-state index is -1.20. The van der Waals surface area contributed by atoms with E-state index < -0.39 is 23.5 Å². The van der Waals surface area contributed by atoms with Gasteiger partial charge in [0.05, 0.1) is 23.9 Å². The molecule has 1 aliphatic rings. The van der Waals surface area contributed by atoms with E-state index in [0.29, 0.717) is 16.5 Å². The fourth-order valence-corrected chi connectivity index (χ4v) is 4.87. The van der Waals surface area contributed by atoms with E-state index >= 15 is 0 Å². The standard InChI is InChI=1S/C27H19BrClNO7/c1-2-36-21-10-13(3-6-19(21)32)24-23(25(33)22-11-14-9-15(28)4-8-20(14)37-22)26(34)27(35)30(24)17-12-16(29)5-7-18(17)31/h3-12,24,31-32,34H,2H2,1H3. The molecule has 0 bridgehead atoms. The topological polar surface area (TPSA) is 120 Å². The summed E-state index contributed by atoms with van der Waals surface area (Å²) in [5.74, 6) is -2.85. The first-order chi connectivity index (χ1) is 17.7. The Bertz CT molecular complexity index is 1610. The molecule has 0 saturated carbocycles. The highest BCUT2D eigenvalue weighted by atomic mass is 79.9. The number of amides is 1. The number of Topliss-reactive ketones (excluding diaryl/α,β-unsaturated/α-hetero) is 1. The summed E-state index contributed by atoms with van der Waals surface area (Å²) in [6.07, 6.45) is 0. The first-order valence-electron chi connectivity index (χ1n) is 11.1. The van der Waals surface area contributed by atoms with E-state index in [2.05, 4.69) is 15.9 Å². The largest absolute Gasteiger partial charge is 0.506 e. The van der Waals surface area contributed by atoms with Crippen LogP contribution in [0.2, 0.25) is 5.02 Å². The highest BCUT2D eigenvalue weighted by Gasteiger charge is 2.46. The summed E-state index contributed by atoms with van der Waals surface area (Å²) in [5, 5.41) is 32.7. The highest BCUT2D eigenvalue weighted by molar-refractivity contribution is 9.10. The number of nitrogens with zero attached hydrogens (tertiary/aromatic N) is 1. The lowest BCUT2D eigenvalue weighted by Gasteiger charge is -2.27. The number of fused-ring (bicyclic) bond motifs is 1. The van der Waals surface area contributed by atoms with Gasteiger partial charge >= 0.3 is 0 Å². The summed E-state index contributed by atoms with van der Waals surface area (Å²) in [4.78, 5) is 28.2. The number of hydrogen-bond donors (Lipinski definition) is 3. The third kappa shape index (κ3) is 4.30. The van der Waals surface area contributed by atoms with Gasteiger partial charge in [-0.05, 0) is 67.1 Å². The van der Waals surface area contributed by atoms with Crippen molar-refractivity contribution in [3.63, 3.8) is 0 Å². The lowest BCUT2D eigenvalue weighted by atomic mass is 9.94. The number of anilines is 1. The van der Waals surface area contributed by atoms with Crippen LogP contribution in [-0.4, -0.2) is 33.6 Å². The number of benzene rings is 3. The third-order valence-corrected chi connectivity index (χ3v) is 6.68. The van der Waals surface area contributed by atoms with Crippen LogP contribution in [0.3, 0.4) is 0 Å². The molecule has 37 heavy (non-hydrogen) atoms. The normalized spacial score (nSPS) is 15.6. The Morgan fingerprint density at radius 2 is 1.81 bits per heavy atom. The van der Waals surface area contributed by atoms with Crippen LogP contribution in [0.5, 0.6) is 17.2 Å². The smallest absolute Gasteiger partial charge is 0.294 e. The lowest BCUT2D eigenvalue weighted by Crippen LogP contribution is -2.31. The number of aliphatic hydroxyl groups excluding tert-OH is 1. The van der Waals surface area contributed by atoms with Gasteiger partial charge in [-0.15, -0.1) is 0 Å². The van der Waals surface area contributed by atoms with Crippen molar-refractivity contribution in [1.82, 2.24) is 0 Å². The van der Waals surface area contributed by atoms with Gasteiger partial charge in [0, 0.05) is 14.9 Å². The number of phenols is 2. The van der Waals surface area contributed by atoms with Gasteiger partial charge in [0.1, 0.15) is 11.3 Å². The Morgan fingerprint density at radius 3 is 2.57 bits per heavy atom. The molecular weight excluding hydrogens is 566 g/mol. The van der Waals surface area contributed by atoms with Crippen LogP contribution >= 0.6 is 27.5 Å². The van der Waals surface area contributed by atoms with E-state index in [1.54, 1.807) is 25.1 Å². The Kier molecular flexibility index (Phi) is 6.35. The molecule has 8 nitrogen and oxygen atoms in total. The number of ether oxygens (including phenoxy) is 1. The molecule has 188 valence electrons. The summed E-state index contributed by atoms with van der Waals surface area (Å²) >= 11 is 9.53. The number of rotatable bonds is 6. The number of furan rings is 1. The molecule has 0 fully saturated rings. The minimum absolute atomic E-state index is 0.0172. The van der Waals surface area contributed by atoms with E-state index in [-0.39, 0.29) is 45.9 Å². The van der Waals surface area contributed by atoms with Gasteiger partial charge in [-0.1, -0.05) is 33.6 Å². The van der Waals surface area contributed by atoms with Crippen LogP contribution in [0.15, 0.2) is 80.9 Å². The molecule has 0 aliphatic carbocycles. The molecule has 1 aromatic heterocycles. The summed E-state index contributed by atoms with van der Waals surface area (Å²) in [7, 11) is 0. The van der Waals surface area contributed by atoms with Crippen molar-refractivity contribution in [2.24, 2.45) is 0 Å². The molecule has 1 unspecified atom stereocenters. The second-order valence-corrected chi connectivity index (χ2v) is 9.61. The Balaban J connectivity index is 1.70. The maximum absolute atomic E-state index is 13.8. The maximum atomic E-state index is 13.8. The van der Waals surface area contributed by atoms with Gasteiger partial charge in [0.15, 0.2) is 23.0 Å². The highest BCUT2D eigenvalue weighted by Crippen LogP contribution is 2.46. The van der Waals surface area contributed by atoms with E-state index in [1.165, 1.54) is 42.5 Å². The Morgan fingerprint density at radius 1 is 1.05 bits per heavy atom. The quantitative estimate of drug-likeness (QED) is 0.223. The number of carbonyl (C=O) groups is 2. The van der Waals surface area contributed by atoms with Crippen molar-refractivity contribution < 1.29 is 34.1 Å². The van der Waals surface area contributed by atoms with Gasteiger partial charge in [-0.25, -0.2) is 0 Å². The minimum Gasteiger partial charge on any atom is -0.506 e. The number of carbonyl (C=O) groups excluding carboxylic acids is 2. The summed E-state index contributed by atoms with van der Waals surface area (Å²) < 4.78 is 12.0. The summed E-state index contributed by atoms with van der Waals surface area (Å²) in [6, 6.07) is 13.9. The molecule has 3 N–H and O–H groups in total. The van der Waals surface area contributed by atoms with Crippen LogP contribution in [0.4, 0.5) is 5.69 Å². The maximum Gasteiger partial charge on any atom is 0.294 e. The molecule has 1 amide bonds. The van der Waals surface area contributed by atoms with E-state index in [0.717, 1.165) is 9.37 Å². The molecule has 4 aromatic rings. The molecule has 2 heterocycles. The van der Waals surface area contributed by atoms with Crippen molar-refractivity contribution in [2.75, 3.05) is 11.5 Å². The molecule has 0 saturated heterocycles.